The van der Waals surface area contributed by atoms with Gasteiger partial charge in [0.2, 0.25) is 0 Å². The molecule has 2 N–H and O–H groups in total. The van der Waals surface area contributed by atoms with Gasteiger partial charge in [-0.15, -0.1) is 11.8 Å². The first-order valence-corrected chi connectivity index (χ1v) is 5.48. The first-order valence-electron chi connectivity index (χ1n) is 4.25. The second-order valence-electron chi connectivity index (χ2n) is 2.74. The molecule has 0 unspecified atom stereocenters. The van der Waals surface area contributed by atoms with Gasteiger partial charge in [0.05, 0.1) is 19.1 Å². The molecule has 0 fully saturated rings. The molecule has 0 heterocycles. The van der Waals surface area contributed by atoms with Gasteiger partial charge in [-0.25, -0.2) is 0 Å². The van der Waals surface area contributed by atoms with E-state index in [1.54, 1.807) is 26.0 Å². The van der Waals surface area contributed by atoms with Gasteiger partial charge in [-0.1, -0.05) is 0 Å². The number of benzene rings is 1. The van der Waals surface area contributed by atoms with E-state index in [2.05, 4.69) is 0 Å². The zero-order valence-electron chi connectivity index (χ0n) is 8.66. The maximum Gasteiger partial charge on any atom is 0.174 e. The summed E-state index contributed by atoms with van der Waals surface area (Å²) >= 11 is 1.62. The highest BCUT2D eigenvalue weighted by atomic mass is 32.2. The first-order chi connectivity index (χ1) is 6.76. The predicted molar refractivity (Wildman–Crippen MR) is 59.2 cm³/mol. The third-order valence-electron chi connectivity index (χ3n) is 1.96. The Bertz CT molecular complexity index is 290. The Morgan fingerprint density at radius 1 is 1.29 bits per heavy atom. The van der Waals surface area contributed by atoms with Crippen LogP contribution in [0.2, 0.25) is 0 Å². The van der Waals surface area contributed by atoms with Crippen molar-refractivity contribution >= 4 is 11.8 Å². The van der Waals surface area contributed by atoms with E-state index in [-0.39, 0.29) is 0 Å². The molecular formula is C10H15NO2S. The number of hydrogen-bond acceptors (Lipinski definition) is 4. The van der Waals surface area contributed by atoms with Gasteiger partial charge in [-0.3, -0.25) is 0 Å². The van der Waals surface area contributed by atoms with Crippen LogP contribution in [-0.4, -0.2) is 20.5 Å². The largest absolute Gasteiger partial charge is 0.493 e. The summed E-state index contributed by atoms with van der Waals surface area (Å²) in [7, 11) is 3.27. The van der Waals surface area contributed by atoms with Crippen LogP contribution in [0, 0.1) is 0 Å². The molecule has 78 valence electrons. The highest BCUT2D eigenvalue weighted by Crippen LogP contribution is 2.37. The van der Waals surface area contributed by atoms with Gasteiger partial charge in [-0.2, -0.15) is 0 Å². The summed E-state index contributed by atoms with van der Waals surface area (Å²) < 4.78 is 10.5. The molecule has 14 heavy (non-hydrogen) atoms. The van der Waals surface area contributed by atoms with Crippen molar-refractivity contribution in [1.29, 1.82) is 0 Å². The Morgan fingerprint density at radius 3 is 2.43 bits per heavy atom. The van der Waals surface area contributed by atoms with Gasteiger partial charge in [0.15, 0.2) is 11.5 Å². The summed E-state index contributed by atoms with van der Waals surface area (Å²) in [5, 5.41) is 0. The molecule has 0 spiro atoms. The fourth-order valence-corrected chi connectivity index (χ4v) is 1.89. The Labute approximate surface area is 88.6 Å². The average molecular weight is 213 g/mol. The number of rotatable bonds is 4. The maximum atomic E-state index is 5.58. The minimum Gasteiger partial charge on any atom is -0.493 e. The number of hydrogen-bond donors (Lipinski definition) is 1. The summed E-state index contributed by atoms with van der Waals surface area (Å²) in [5.41, 5.74) is 6.63. The molecule has 0 saturated carbocycles. The molecule has 0 bridgehead atoms. The van der Waals surface area contributed by atoms with Crippen LogP contribution in [0.4, 0.5) is 0 Å². The van der Waals surface area contributed by atoms with E-state index in [9.17, 15) is 0 Å². The third-order valence-corrected chi connectivity index (χ3v) is 2.70. The Morgan fingerprint density at radius 2 is 2.00 bits per heavy atom. The quantitative estimate of drug-likeness (QED) is 0.776. The first kappa shape index (κ1) is 11.2. The number of thioether (sulfide) groups is 1. The molecule has 0 aliphatic carbocycles. The standard InChI is InChI=1S/C10H15NO2S/c1-12-8-4-7(6-11)5-9(14-3)10(8)13-2/h4-5H,6,11H2,1-3H3. The van der Waals surface area contributed by atoms with Crippen molar-refractivity contribution in [1.82, 2.24) is 0 Å². The Kier molecular flexibility index (Phi) is 4.10. The molecule has 0 radical (unpaired) electrons. The summed E-state index contributed by atoms with van der Waals surface area (Å²) in [6.07, 6.45) is 2.00. The van der Waals surface area contributed by atoms with E-state index in [4.69, 9.17) is 15.2 Å². The lowest BCUT2D eigenvalue weighted by Gasteiger charge is -2.12. The van der Waals surface area contributed by atoms with Crippen LogP contribution in [0.3, 0.4) is 0 Å². The fraction of sp³-hybridized carbons (Fsp3) is 0.400. The minimum absolute atomic E-state index is 0.508. The highest BCUT2D eigenvalue weighted by molar-refractivity contribution is 7.98. The Hall–Kier alpha value is -0.870. The van der Waals surface area contributed by atoms with Gasteiger partial charge in [0.25, 0.3) is 0 Å². The zero-order chi connectivity index (χ0) is 10.6. The second kappa shape index (κ2) is 5.12. The Balaban J connectivity index is 3.24. The second-order valence-corrected chi connectivity index (χ2v) is 3.59. The van der Waals surface area contributed by atoms with E-state index >= 15 is 0 Å². The van der Waals surface area contributed by atoms with Crippen LogP contribution >= 0.6 is 11.8 Å². The lowest BCUT2D eigenvalue weighted by atomic mass is 10.2. The van der Waals surface area contributed by atoms with Crippen molar-refractivity contribution in [3.63, 3.8) is 0 Å². The van der Waals surface area contributed by atoms with Crippen LogP contribution in [0.5, 0.6) is 11.5 Å². The number of ether oxygens (including phenoxy) is 2. The average Bonchev–Trinajstić information content (AvgIpc) is 2.26. The van der Waals surface area contributed by atoms with Gasteiger partial charge in [0.1, 0.15) is 0 Å². The summed E-state index contributed by atoms with van der Waals surface area (Å²) in [4.78, 5) is 1.05. The van der Waals surface area contributed by atoms with Crippen LogP contribution < -0.4 is 15.2 Å². The van der Waals surface area contributed by atoms with E-state index in [0.29, 0.717) is 6.54 Å². The van der Waals surface area contributed by atoms with Crippen LogP contribution in [0.15, 0.2) is 17.0 Å². The monoisotopic (exact) mass is 213 g/mol. The molecule has 0 aliphatic rings. The molecule has 0 amide bonds. The SMILES string of the molecule is COc1cc(CN)cc(SC)c1OC. The van der Waals surface area contributed by atoms with Crippen molar-refractivity contribution in [3.05, 3.63) is 17.7 Å². The molecule has 3 nitrogen and oxygen atoms in total. The number of nitrogens with two attached hydrogens (primary N) is 1. The van der Waals surface area contributed by atoms with Crippen molar-refractivity contribution in [3.8, 4) is 11.5 Å². The van der Waals surface area contributed by atoms with Gasteiger partial charge < -0.3 is 15.2 Å². The molecule has 0 saturated heterocycles. The normalized spacial score (nSPS) is 10.0. The van der Waals surface area contributed by atoms with E-state index < -0.39 is 0 Å². The summed E-state index contributed by atoms with van der Waals surface area (Å²) in [6.45, 7) is 0.508. The fourth-order valence-electron chi connectivity index (χ4n) is 1.25. The van der Waals surface area contributed by atoms with E-state index in [1.807, 2.05) is 18.4 Å². The van der Waals surface area contributed by atoms with Crippen molar-refractivity contribution in [2.45, 2.75) is 11.4 Å². The van der Waals surface area contributed by atoms with Crippen molar-refractivity contribution < 1.29 is 9.47 Å². The molecule has 1 aromatic carbocycles. The number of methoxy groups -OCH3 is 2. The summed E-state index contributed by atoms with van der Waals surface area (Å²) in [5.74, 6) is 1.51. The molecule has 0 atom stereocenters. The van der Waals surface area contributed by atoms with E-state index in [0.717, 1.165) is 22.0 Å². The molecule has 1 rings (SSSR count). The summed E-state index contributed by atoms with van der Waals surface area (Å²) in [6, 6.07) is 3.92. The molecule has 4 heteroatoms. The lowest BCUT2D eigenvalue weighted by molar-refractivity contribution is 0.347. The van der Waals surface area contributed by atoms with Crippen LogP contribution in [0.25, 0.3) is 0 Å². The molecule has 0 aliphatic heterocycles. The molecular weight excluding hydrogens is 198 g/mol. The molecule has 0 aromatic heterocycles. The van der Waals surface area contributed by atoms with Gasteiger partial charge in [-0.05, 0) is 24.0 Å². The van der Waals surface area contributed by atoms with Gasteiger partial charge >= 0.3 is 0 Å². The topological polar surface area (TPSA) is 44.5 Å². The van der Waals surface area contributed by atoms with Crippen LogP contribution in [-0.2, 0) is 6.54 Å². The molecule has 1 aromatic rings. The maximum absolute atomic E-state index is 5.58. The highest BCUT2D eigenvalue weighted by Gasteiger charge is 2.10. The third kappa shape index (κ3) is 2.13. The van der Waals surface area contributed by atoms with E-state index in [1.165, 1.54) is 0 Å². The predicted octanol–water partition coefficient (Wildman–Crippen LogP) is 1.88. The van der Waals surface area contributed by atoms with Crippen molar-refractivity contribution in [2.75, 3.05) is 20.5 Å². The minimum atomic E-state index is 0.508. The zero-order valence-corrected chi connectivity index (χ0v) is 9.48. The smallest absolute Gasteiger partial charge is 0.174 e. The van der Waals surface area contributed by atoms with Crippen molar-refractivity contribution in [2.24, 2.45) is 5.73 Å². The van der Waals surface area contributed by atoms with Crippen LogP contribution in [0.1, 0.15) is 5.56 Å². The van der Waals surface area contributed by atoms with Gasteiger partial charge in [0, 0.05) is 6.54 Å². The lowest BCUT2D eigenvalue weighted by Crippen LogP contribution is -1.99.